The number of rotatable bonds is 10. The van der Waals surface area contributed by atoms with Crippen LogP contribution in [0.2, 0.25) is 0 Å². The number of aromatic nitrogens is 1. The number of piperazine rings is 1. The van der Waals surface area contributed by atoms with Crippen molar-refractivity contribution in [2.45, 2.75) is 26.9 Å². The van der Waals surface area contributed by atoms with Gasteiger partial charge in [0.1, 0.15) is 18.6 Å². The second kappa shape index (κ2) is 14.3. The van der Waals surface area contributed by atoms with E-state index in [2.05, 4.69) is 56.1 Å². The van der Waals surface area contributed by atoms with Crippen LogP contribution in [0.5, 0.6) is 5.75 Å². The van der Waals surface area contributed by atoms with E-state index in [0.717, 1.165) is 75.3 Å². The molecule has 32 heavy (non-hydrogen) atoms. The van der Waals surface area contributed by atoms with Crippen molar-refractivity contribution in [1.82, 2.24) is 25.2 Å². The summed E-state index contributed by atoms with van der Waals surface area (Å²) in [4.78, 5) is 11.6. The maximum atomic E-state index is 6.09. The molecule has 1 fully saturated rings. The fraction of sp³-hybridized carbons (Fsp3) is 0.565. The highest BCUT2D eigenvalue weighted by Crippen LogP contribution is 2.18. The molecule has 0 aliphatic carbocycles. The van der Waals surface area contributed by atoms with Gasteiger partial charge >= 0.3 is 0 Å². The maximum Gasteiger partial charge on any atom is 0.194 e. The minimum absolute atomic E-state index is 0. The van der Waals surface area contributed by atoms with Crippen LogP contribution in [0, 0.1) is 0 Å². The van der Waals surface area contributed by atoms with Gasteiger partial charge in [-0.2, -0.15) is 0 Å². The fourth-order valence-corrected chi connectivity index (χ4v) is 3.79. The van der Waals surface area contributed by atoms with Crippen LogP contribution in [0.15, 0.2) is 46.1 Å². The van der Waals surface area contributed by atoms with Gasteiger partial charge in [0, 0.05) is 64.5 Å². The zero-order chi connectivity index (χ0) is 21.9. The molecule has 1 saturated heterocycles. The summed E-state index contributed by atoms with van der Waals surface area (Å²) in [5, 5.41) is 7.53. The minimum Gasteiger partial charge on any atom is -0.492 e. The van der Waals surface area contributed by atoms with Gasteiger partial charge in [0.25, 0.3) is 0 Å². The molecule has 9 heteroatoms. The van der Waals surface area contributed by atoms with Crippen LogP contribution in [-0.4, -0.2) is 85.3 Å². The molecule has 1 aliphatic rings. The van der Waals surface area contributed by atoms with Gasteiger partial charge in [-0.25, -0.2) is 0 Å². The predicted molar refractivity (Wildman–Crippen MR) is 139 cm³/mol. The molecular weight excluding hydrogens is 519 g/mol. The summed E-state index contributed by atoms with van der Waals surface area (Å²) in [7, 11) is 1.84. The molecule has 0 spiro atoms. The van der Waals surface area contributed by atoms with Crippen molar-refractivity contribution in [3.63, 3.8) is 0 Å². The molecule has 1 aromatic heterocycles. The second-order valence-electron chi connectivity index (χ2n) is 7.64. The number of guanidine groups is 1. The van der Waals surface area contributed by atoms with Crippen molar-refractivity contribution in [3.05, 3.63) is 47.9 Å². The van der Waals surface area contributed by atoms with E-state index in [9.17, 15) is 0 Å². The van der Waals surface area contributed by atoms with E-state index in [-0.39, 0.29) is 24.0 Å². The van der Waals surface area contributed by atoms with Crippen molar-refractivity contribution in [1.29, 1.82) is 0 Å². The van der Waals surface area contributed by atoms with Crippen molar-refractivity contribution in [3.8, 4) is 5.75 Å². The fourth-order valence-electron chi connectivity index (χ4n) is 3.79. The second-order valence-corrected chi connectivity index (χ2v) is 7.64. The van der Waals surface area contributed by atoms with Crippen LogP contribution >= 0.6 is 24.0 Å². The first kappa shape index (κ1) is 26.4. The Labute approximate surface area is 209 Å². The van der Waals surface area contributed by atoms with Crippen molar-refractivity contribution < 1.29 is 9.26 Å². The molecule has 2 heterocycles. The minimum atomic E-state index is 0. The number of aliphatic imine (C=N–C) groups is 1. The summed E-state index contributed by atoms with van der Waals surface area (Å²) < 4.78 is 11.0. The Morgan fingerprint density at radius 3 is 2.56 bits per heavy atom. The van der Waals surface area contributed by atoms with Gasteiger partial charge in [0.15, 0.2) is 5.96 Å². The molecule has 0 saturated carbocycles. The largest absolute Gasteiger partial charge is 0.492 e. The lowest BCUT2D eigenvalue weighted by Crippen LogP contribution is -2.52. The van der Waals surface area contributed by atoms with Crippen molar-refractivity contribution in [2.24, 2.45) is 4.99 Å². The standard InChI is InChI=1S/C23H36N6O2.HI/c1-4-27(5-2)15-17-30-22-9-7-6-8-20(22)18-25-23(24-3)29-13-11-28(12-14-29)19-21-10-16-31-26-21;/h6-10,16H,4-5,11-15,17-19H2,1-3H3,(H,24,25);1H. The van der Waals surface area contributed by atoms with Gasteiger partial charge in [-0.1, -0.05) is 37.2 Å². The van der Waals surface area contributed by atoms with Crippen molar-refractivity contribution >= 4 is 29.9 Å². The molecule has 0 bridgehead atoms. The third kappa shape index (κ3) is 7.93. The molecule has 1 aliphatic heterocycles. The molecule has 0 atom stereocenters. The Balaban J connectivity index is 0.00000363. The molecule has 0 amide bonds. The SMILES string of the molecule is CCN(CC)CCOc1ccccc1CNC(=NC)N1CCN(Cc2ccon2)CC1.I. The lowest BCUT2D eigenvalue weighted by Gasteiger charge is -2.36. The van der Waals surface area contributed by atoms with Crippen molar-refractivity contribution in [2.75, 3.05) is 59.5 Å². The highest BCUT2D eigenvalue weighted by molar-refractivity contribution is 14.0. The van der Waals surface area contributed by atoms with Gasteiger partial charge < -0.3 is 24.4 Å². The highest BCUT2D eigenvalue weighted by atomic mass is 127. The summed E-state index contributed by atoms with van der Waals surface area (Å²) in [6.45, 7) is 13.4. The van der Waals surface area contributed by atoms with E-state index >= 15 is 0 Å². The van der Waals surface area contributed by atoms with Crippen LogP contribution in [0.1, 0.15) is 25.1 Å². The summed E-state index contributed by atoms with van der Waals surface area (Å²) in [6.07, 6.45) is 1.63. The van der Waals surface area contributed by atoms with Crippen LogP contribution in [0.3, 0.4) is 0 Å². The van der Waals surface area contributed by atoms with E-state index in [4.69, 9.17) is 9.26 Å². The van der Waals surface area contributed by atoms with Crippen LogP contribution in [0.25, 0.3) is 0 Å². The summed E-state index contributed by atoms with van der Waals surface area (Å²) in [6, 6.07) is 10.2. The quantitative estimate of drug-likeness (QED) is 0.274. The third-order valence-corrected chi connectivity index (χ3v) is 5.73. The Morgan fingerprint density at radius 2 is 1.91 bits per heavy atom. The zero-order valence-corrected chi connectivity index (χ0v) is 21.8. The van der Waals surface area contributed by atoms with Gasteiger partial charge in [-0.15, -0.1) is 24.0 Å². The molecule has 0 unspecified atom stereocenters. The number of ether oxygens (including phenoxy) is 1. The van der Waals surface area contributed by atoms with Crippen LogP contribution in [0.4, 0.5) is 0 Å². The van der Waals surface area contributed by atoms with Gasteiger partial charge in [0.05, 0.1) is 5.69 Å². The molecule has 0 radical (unpaired) electrons. The van der Waals surface area contributed by atoms with Gasteiger partial charge in [-0.3, -0.25) is 9.89 Å². The number of halogens is 1. The number of para-hydroxylation sites is 1. The summed E-state index contributed by atoms with van der Waals surface area (Å²) >= 11 is 0. The average molecular weight is 556 g/mol. The summed E-state index contributed by atoms with van der Waals surface area (Å²) in [5.74, 6) is 1.87. The molecule has 178 valence electrons. The zero-order valence-electron chi connectivity index (χ0n) is 19.5. The molecule has 1 N–H and O–H groups in total. The number of nitrogens with one attached hydrogen (secondary N) is 1. The highest BCUT2D eigenvalue weighted by Gasteiger charge is 2.20. The monoisotopic (exact) mass is 556 g/mol. The van der Waals surface area contributed by atoms with E-state index in [1.807, 2.05) is 25.2 Å². The van der Waals surface area contributed by atoms with E-state index < -0.39 is 0 Å². The summed E-state index contributed by atoms with van der Waals surface area (Å²) in [5.41, 5.74) is 2.13. The number of nitrogens with zero attached hydrogens (tertiary/aromatic N) is 5. The van der Waals surface area contributed by atoms with E-state index in [0.29, 0.717) is 13.2 Å². The Hall–Kier alpha value is -1.85. The molecule has 1 aromatic carbocycles. The lowest BCUT2D eigenvalue weighted by molar-refractivity contribution is 0.169. The first-order valence-electron chi connectivity index (χ1n) is 11.2. The molecule has 3 rings (SSSR count). The van der Waals surface area contributed by atoms with E-state index in [1.54, 1.807) is 6.26 Å². The molecule has 2 aromatic rings. The smallest absolute Gasteiger partial charge is 0.194 e. The first-order chi connectivity index (χ1) is 15.2. The maximum absolute atomic E-state index is 6.09. The first-order valence-corrected chi connectivity index (χ1v) is 11.2. The normalized spacial score (nSPS) is 15.0. The van der Waals surface area contributed by atoms with Crippen LogP contribution < -0.4 is 10.1 Å². The number of hydrogen-bond donors (Lipinski definition) is 1. The number of benzene rings is 1. The predicted octanol–water partition coefficient (Wildman–Crippen LogP) is 2.91. The number of likely N-dealkylation sites (N-methyl/N-ethyl adjacent to an activating group) is 1. The van der Waals surface area contributed by atoms with E-state index in [1.165, 1.54) is 0 Å². The Kier molecular flexibility index (Phi) is 11.8. The Bertz CT molecular complexity index is 790. The van der Waals surface area contributed by atoms with Gasteiger partial charge in [0.2, 0.25) is 0 Å². The molecule has 8 nitrogen and oxygen atoms in total. The molecular formula is C23H37IN6O2. The Morgan fingerprint density at radius 1 is 1.16 bits per heavy atom. The topological polar surface area (TPSA) is 69.4 Å². The number of hydrogen-bond acceptors (Lipinski definition) is 6. The average Bonchev–Trinajstić information content (AvgIpc) is 3.32. The van der Waals surface area contributed by atoms with Gasteiger partial charge in [-0.05, 0) is 19.2 Å². The van der Waals surface area contributed by atoms with Crippen LogP contribution in [-0.2, 0) is 13.1 Å². The third-order valence-electron chi connectivity index (χ3n) is 5.73. The lowest BCUT2D eigenvalue weighted by atomic mass is 10.2.